The van der Waals surface area contributed by atoms with Gasteiger partial charge in [0, 0.05) is 26.7 Å². The van der Waals surface area contributed by atoms with E-state index in [1.54, 1.807) is 23.8 Å². The van der Waals surface area contributed by atoms with Crippen LogP contribution in [-0.2, 0) is 16.1 Å². The summed E-state index contributed by atoms with van der Waals surface area (Å²) in [6.45, 7) is 3.43. The number of imide groups is 1. The zero-order chi connectivity index (χ0) is 22.0. The van der Waals surface area contributed by atoms with Gasteiger partial charge in [-0.2, -0.15) is 0 Å². The maximum absolute atomic E-state index is 13.4. The second kappa shape index (κ2) is 8.50. The minimum Gasteiger partial charge on any atom is -0.383 e. The summed E-state index contributed by atoms with van der Waals surface area (Å²) in [4.78, 5) is 51.2. The Hall–Kier alpha value is -3.20. The number of rotatable bonds is 6. The van der Waals surface area contributed by atoms with E-state index in [1.807, 2.05) is 30.3 Å². The molecule has 9 nitrogen and oxygen atoms in total. The average molecular weight is 425 g/mol. The van der Waals surface area contributed by atoms with Gasteiger partial charge in [-0.05, 0) is 25.3 Å². The lowest BCUT2D eigenvalue weighted by atomic mass is 9.85. The van der Waals surface area contributed by atoms with Crippen molar-refractivity contribution in [3.8, 4) is 0 Å². The number of H-pyrrole nitrogens is 1. The molecule has 31 heavy (non-hydrogen) atoms. The Labute approximate surface area is 181 Å². The predicted octanol–water partition coefficient (Wildman–Crippen LogP) is 1.80. The summed E-state index contributed by atoms with van der Waals surface area (Å²) in [6, 6.07) is 9.35. The standard InChI is InChI=1S/C22H27N5O4/c1-16-23-14-18(24-16)19(28)25-10-8-22(9-11-25)20(29)26(12-13-31-2)21(30)27(22)15-17-6-4-3-5-7-17/h3-7,14H,8-13,15H2,1-2H3,(H,23,24). The molecule has 0 saturated carbocycles. The highest BCUT2D eigenvalue weighted by Gasteiger charge is 2.58. The third-order valence-electron chi connectivity index (χ3n) is 6.14. The number of carbonyl (C=O) groups excluding carboxylic acids is 3. The molecule has 1 spiro atoms. The number of methoxy groups -OCH3 is 1. The van der Waals surface area contributed by atoms with Gasteiger partial charge in [-0.1, -0.05) is 30.3 Å². The van der Waals surface area contributed by atoms with Gasteiger partial charge in [0.05, 0.1) is 19.3 Å². The van der Waals surface area contributed by atoms with E-state index in [9.17, 15) is 14.4 Å². The molecule has 2 saturated heterocycles. The Kier molecular flexibility index (Phi) is 5.77. The number of nitrogens with one attached hydrogen (secondary N) is 1. The number of imidazole rings is 1. The van der Waals surface area contributed by atoms with E-state index in [-0.39, 0.29) is 31.0 Å². The third kappa shape index (κ3) is 3.81. The largest absolute Gasteiger partial charge is 0.383 e. The highest BCUT2D eigenvalue weighted by atomic mass is 16.5. The zero-order valence-corrected chi connectivity index (χ0v) is 17.8. The molecule has 0 aliphatic carbocycles. The molecule has 2 aliphatic heterocycles. The van der Waals surface area contributed by atoms with Gasteiger partial charge in [-0.25, -0.2) is 9.78 Å². The first kappa shape index (κ1) is 21.0. The van der Waals surface area contributed by atoms with E-state index in [1.165, 1.54) is 11.1 Å². The fourth-order valence-electron chi connectivity index (χ4n) is 4.41. The number of likely N-dealkylation sites (tertiary alicyclic amines) is 1. The highest BCUT2D eigenvalue weighted by molar-refractivity contribution is 6.07. The van der Waals surface area contributed by atoms with E-state index < -0.39 is 5.54 Å². The van der Waals surface area contributed by atoms with Crippen molar-refractivity contribution >= 4 is 17.8 Å². The van der Waals surface area contributed by atoms with Crippen LogP contribution in [0.25, 0.3) is 0 Å². The lowest BCUT2D eigenvalue weighted by molar-refractivity contribution is -0.136. The van der Waals surface area contributed by atoms with Gasteiger partial charge in [0.1, 0.15) is 17.1 Å². The molecule has 4 rings (SSSR count). The first-order valence-corrected chi connectivity index (χ1v) is 10.4. The van der Waals surface area contributed by atoms with Crippen LogP contribution in [0.4, 0.5) is 4.79 Å². The topological polar surface area (TPSA) is 98.8 Å². The molecule has 1 N–H and O–H groups in total. The van der Waals surface area contributed by atoms with Crippen LogP contribution in [0.3, 0.4) is 0 Å². The van der Waals surface area contributed by atoms with Crippen LogP contribution < -0.4 is 0 Å². The number of nitrogens with zero attached hydrogens (tertiary/aromatic N) is 4. The van der Waals surface area contributed by atoms with Crippen LogP contribution in [0.1, 0.15) is 34.7 Å². The normalized spacial score (nSPS) is 18.3. The SMILES string of the molecule is COCCN1C(=O)N(Cc2ccccc2)C2(CCN(C(=O)c3cnc(C)[nH]3)CC2)C1=O. The molecular formula is C22H27N5O4. The first-order chi connectivity index (χ1) is 15.0. The van der Waals surface area contributed by atoms with Crippen LogP contribution in [0.15, 0.2) is 36.5 Å². The monoisotopic (exact) mass is 425 g/mol. The van der Waals surface area contributed by atoms with E-state index in [4.69, 9.17) is 4.74 Å². The minimum atomic E-state index is -0.943. The number of hydrogen-bond acceptors (Lipinski definition) is 5. The molecule has 1 aromatic carbocycles. The molecule has 9 heteroatoms. The molecule has 3 heterocycles. The summed E-state index contributed by atoms with van der Waals surface area (Å²) in [5.74, 6) is 0.337. The average Bonchev–Trinajstić information content (AvgIpc) is 3.30. The number of amides is 4. The van der Waals surface area contributed by atoms with Gasteiger partial charge >= 0.3 is 6.03 Å². The van der Waals surface area contributed by atoms with E-state index >= 15 is 0 Å². The smallest absolute Gasteiger partial charge is 0.328 e. The fourth-order valence-corrected chi connectivity index (χ4v) is 4.41. The predicted molar refractivity (Wildman–Crippen MR) is 112 cm³/mol. The van der Waals surface area contributed by atoms with Gasteiger partial charge in [0.25, 0.3) is 11.8 Å². The number of hydrogen-bond donors (Lipinski definition) is 1. The second-order valence-corrected chi connectivity index (χ2v) is 8.01. The number of benzene rings is 1. The number of urea groups is 1. The molecule has 0 atom stereocenters. The van der Waals surface area contributed by atoms with Crippen molar-refractivity contribution in [3.05, 3.63) is 53.6 Å². The van der Waals surface area contributed by atoms with Crippen molar-refractivity contribution in [1.29, 1.82) is 0 Å². The zero-order valence-electron chi connectivity index (χ0n) is 17.8. The van der Waals surface area contributed by atoms with E-state index in [0.717, 1.165) is 5.56 Å². The van der Waals surface area contributed by atoms with Gasteiger partial charge in [-0.15, -0.1) is 0 Å². The van der Waals surface area contributed by atoms with Crippen LogP contribution in [0.2, 0.25) is 0 Å². The number of aromatic nitrogens is 2. The molecule has 2 fully saturated rings. The Morgan fingerprint density at radius 2 is 1.90 bits per heavy atom. The van der Waals surface area contributed by atoms with Crippen LogP contribution in [-0.4, -0.2) is 81.4 Å². The fraction of sp³-hybridized carbons (Fsp3) is 0.455. The summed E-state index contributed by atoms with van der Waals surface area (Å²) in [5.41, 5.74) is 0.453. The Balaban J connectivity index is 1.56. The summed E-state index contributed by atoms with van der Waals surface area (Å²) in [5, 5.41) is 0. The molecule has 164 valence electrons. The number of piperidine rings is 1. The Morgan fingerprint density at radius 3 is 2.52 bits per heavy atom. The quantitative estimate of drug-likeness (QED) is 0.712. The third-order valence-corrected chi connectivity index (χ3v) is 6.14. The lowest BCUT2D eigenvalue weighted by Gasteiger charge is -2.42. The molecule has 2 aliphatic rings. The van der Waals surface area contributed by atoms with Crippen LogP contribution >= 0.6 is 0 Å². The number of ether oxygens (including phenoxy) is 1. The molecule has 0 unspecified atom stereocenters. The van der Waals surface area contributed by atoms with Crippen molar-refractivity contribution in [2.75, 3.05) is 33.4 Å². The maximum atomic E-state index is 13.4. The molecule has 0 radical (unpaired) electrons. The maximum Gasteiger partial charge on any atom is 0.328 e. The summed E-state index contributed by atoms with van der Waals surface area (Å²) in [7, 11) is 1.55. The number of aryl methyl sites for hydroxylation is 1. The Bertz CT molecular complexity index is 965. The highest BCUT2D eigenvalue weighted by Crippen LogP contribution is 2.38. The number of aromatic amines is 1. The first-order valence-electron chi connectivity index (χ1n) is 10.4. The van der Waals surface area contributed by atoms with Crippen LogP contribution in [0, 0.1) is 6.92 Å². The summed E-state index contributed by atoms with van der Waals surface area (Å²) < 4.78 is 5.10. The minimum absolute atomic E-state index is 0.141. The Morgan fingerprint density at radius 1 is 1.19 bits per heavy atom. The van der Waals surface area contributed by atoms with E-state index in [2.05, 4.69) is 9.97 Å². The van der Waals surface area contributed by atoms with Gasteiger partial charge in [0.15, 0.2) is 0 Å². The second-order valence-electron chi connectivity index (χ2n) is 8.01. The molecular weight excluding hydrogens is 398 g/mol. The van der Waals surface area contributed by atoms with Gasteiger partial charge in [-0.3, -0.25) is 14.5 Å². The van der Waals surface area contributed by atoms with Crippen molar-refractivity contribution in [1.82, 2.24) is 24.7 Å². The summed E-state index contributed by atoms with van der Waals surface area (Å²) in [6.07, 6.45) is 2.32. The summed E-state index contributed by atoms with van der Waals surface area (Å²) >= 11 is 0. The van der Waals surface area contributed by atoms with Crippen molar-refractivity contribution in [3.63, 3.8) is 0 Å². The van der Waals surface area contributed by atoms with Crippen molar-refractivity contribution in [2.45, 2.75) is 31.8 Å². The number of carbonyl (C=O) groups is 3. The van der Waals surface area contributed by atoms with Crippen molar-refractivity contribution in [2.24, 2.45) is 0 Å². The van der Waals surface area contributed by atoms with Gasteiger partial charge in [0.2, 0.25) is 0 Å². The van der Waals surface area contributed by atoms with Crippen LogP contribution in [0.5, 0.6) is 0 Å². The molecule has 1 aromatic heterocycles. The lowest BCUT2D eigenvalue weighted by Crippen LogP contribution is -2.57. The van der Waals surface area contributed by atoms with E-state index in [0.29, 0.717) is 44.0 Å². The molecule has 4 amide bonds. The van der Waals surface area contributed by atoms with Gasteiger partial charge < -0.3 is 19.5 Å². The molecule has 2 aromatic rings. The van der Waals surface area contributed by atoms with Crippen molar-refractivity contribution < 1.29 is 19.1 Å². The molecule has 0 bridgehead atoms.